The fourth-order valence-corrected chi connectivity index (χ4v) is 1.72. The smallest absolute Gasteiger partial charge is 0.124 e. The van der Waals surface area contributed by atoms with E-state index in [1.54, 1.807) is 13.2 Å². The maximum atomic E-state index is 12.8. The van der Waals surface area contributed by atoms with Gasteiger partial charge in [-0.2, -0.15) is 0 Å². The molecule has 0 aromatic heterocycles. The van der Waals surface area contributed by atoms with Gasteiger partial charge in [0.1, 0.15) is 5.82 Å². The first-order valence-electron chi connectivity index (χ1n) is 5.19. The van der Waals surface area contributed by atoms with Crippen LogP contribution in [0.2, 0.25) is 0 Å². The lowest BCUT2D eigenvalue weighted by Crippen LogP contribution is -2.25. The maximum Gasteiger partial charge on any atom is 0.124 e. The molecule has 0 saturated carbocycles. The van der Waals surface area contributed by atoms with Crippen molar-refractivity contribution in [1.29, 1.82) is 0 Å². The summed E-state index contributed by atoms with van der Waals surface area (Å²) in [6, 6.07) is 4.61. The third-order valence-electron chi connectivity index (χ3n) is 2.53. The molecule has 1 rings (SSSR count). The quantitative estimate of drug-likeness (QED) is 0.890. The van der Waals surface area contributed by atoms with Gasteiger partial charge in [0.25, 0.3) is 0 Å². The minimum atomic E-state index is -0.241. The molecule has 4 heteroatoms. The molecule has 1 aromatic rings. The molecule has 1 aromatic carbocycles. The average molecular weight is 290 g/mol. The van der Waals surface area contributed by atoms with Gasteiger partial charge in [0.15, 0.2) is 0 Å². The van der Waals surface area contributed by atoms with E-state index >= 15 is 0 Å². The first kappa shape index (κ1) is 13.5. The number of anilines is 1. The van der Waals surface area contributed by atoms with Crippen LogP contribution in [0.4, 0.5) is 10.1 Å². The Bertz CT molecular complexity index is 355. The molecule has 0 atom stereocenters. The summed E-state index contributed by atoms with van der Waals surface area (Å²) < 4.78 is 18.9. The maximum absolute atomic E-state index is 12.8. The molecule has 0 aliphatic rings. The lowest BCUT2D eigenvalue weighted by Gasteiger charge is -2.23. The summed E-state index contributed by atoms with van der Waals surface area (Å²) in [5.41, 5.74) is 0.757. The molecule has 0 fully saturated rings. The van der Waals surface area contributed by atoms with Gasteiger partial charge >= 0.3 is 0 Å². The Hall–Kier alpha value is -0.610. The summed E-state index contributed by atoms with van der Waals surface area (Å²) in [5.74, 6) is -0.241. The van der Waals surface area contributed by atoms with Crippen LogP contribution >= 0.6 is 15.9 Å². The Balaban J connectivity index is 2.49. The zero-order valence-corrected chi connectivity index (χ0v) is 11.4. The number of nitrogens with one attached hydrogen (secondary N) is 1. The number of ether oxygens (including phenoxy) is 1. The number of hydrogen-bond donors (Lipinski definition) is 1. The second kappa shape index (κ2) is 5.64. The van der Waals surface area contributed by atoms with Gasteiger partial charge in [0.2, 0.25) is 0 Å². The number of methoxy groups -OCH3 is 1. The van der Waals surface area contributed by atoms with Crippen LogP contribution in [0.25, 0.3) is 0 Å². The van der Waals surface area contributed by atoms with Gasteiger partial charge in [0, 0.05) is 23.8 Å². The summed E-state index contributed by atoms with van der Waals surface area (Å²) in [5, 5.41) is 3.24. The van der Waals surface area contributed by atoms with Crippen molar-refractivity contribution in [1.82, 2.24) is 0 Å². The molecule has 1 N–H and O–H groups in total. The molecule has 0 bridgehead atoms. The molecule has 0 radical (unpaired) electrons. The van der Waals surface area contributed by atoms with Crippen molar-refractivity contribution in [2.45, 2.75) is 25.9 Å². The fourth-order valence-electron chi connectivity index (χ4n) is 1.23. The van der Waals surface area contributed by atoms with Crippen molar-refractivity contribution >= 4 is 21.6 Å². The molecule has 90 valence electrons. The molecule has 0 spiro atoms. The van der Waals surface area contributed by atoms with Gasteiger partial charge in [-0.15, -0.1) is 0 Å². The van der Waals surface area contributed by atoms with Crippen LogP contribution in [-0.2, 0) is 4.74 Å². The van der Waals surface area contributed by atoms with E-state index < -0.39 is 0 Å². The molecule has 16 heavy (non-hydrogen) atoms. The molecular formula is C12H17BrFNO. The number of benzene rings is 1. The summed E-state index contributed by atoms with van der Waals surface area (Å²) in [6.45, 7) is 4.86. The highest BCUT2D eigenvalue weighted by Crippen LogP contribution is 2.23. The van der Waals surface area contributed by atoms with Crippen molar-refractivity contribution < 1.29 is 9.13 Å². The second-order valence-corrected chi connectivity index (χ2v) is 5.12. The molecule has 0 saturated heterocycles. The third-order valence-corrected chi connectivity index (χ3v) is 3.18. The van der Waals surface area contributed by atoms with Crippen LogP contribution in [-0.4, -0.2) is 19.3 Å². The highest BCUT2D eigenvalue weighted by atomic mass is 79.9. The Morgan fingerprint density at radius 3 is 2.69 bits per heavy atom. The van der Waals surface area contributed by atoms with Crippen LogP contribution in [0, 0.1) is 5.82 Å². The first-order chi connectivity index (χ1) is 7.44. The van der Waals surface area contributed by atoms with E-state index in [9.17, 15) is 4.39 Å². The predicted molar refractivity (Wildman–Crippen MR) is 68.3 cm³/mol. The molecular weight excluding hydrogens is 273 g/mol. The zero-order valence-electron chi connectivity index (χ0n) is 9.81. The average Bonchev–Trinajstić information content (AvgIpc) is 2.21. The van der Waals surface area contributed by atoms with Crippen molar-refractivity contribution in [2.24, 2.45) is 0 Å². The SMILES string of the molecule is COC(C)(C)CCNc1ccc(F)cc1Br. The van der Waals surface area contributed by atoms with E-state index in [0.29, 0.717) is 0 Å². The van der Waals surface area contributed by atoms with Gasteiger partial charge in [-0.3, -0.25) is 0 Å². The molecule has 0 unspecified atom stereocenters. The van der Waals surface area contributed by atoms with Crippen LogP contribution in [0.3, 0.4) is 0 Å². The van der Waals surface area contributed by atoms with Crippen LogP contribution in [0.1, 0.15) is 20.3 Å². The van der Waals surface area contributed by atoms with Gasteiger partial charge in [-0.05, 0) is 54.4 Å². The Kier molecular flexibility index (Phi) is 4.74. The predicted octanol–water partition coefficient (Wildman–Crippen LogP) is 3.82. The topological polar surface area (TPSA) is 21.3 Å². The highest BCUT2D eigenvalue weighted by Gasteiger charge is 2.15. The van der Waals surface area contributed by atoms with E-state index in [1.807, 2.05) is 13.8 Å². The highest BCUT2D eigenvalue weighted by molar-refractivity contribution is 9.10. The standard InChI is InChI=1S/C12H17BrFNO/c1-12(2,16-3)6-7-15-11-5-4-9(14)8-10(11)13/h4-5,8,15H,6-7H2,1-3H3. The monoisotopic (exact) mass is 289 g/mol. The van der Waals surface area contributed by atoms with E-state index in [2.05, 4.69) is 21.2 Å². The molecule has 0 aliphatic heterocycles. The van der Waals surface area contributed by atoms with Crippen LogP contribution in [0.15, 0.2) is 22.7 Å². The molecule has 0 heterocycles. The van der Waals surface area contributed by atoms with Crippen molar-refractivity contribution in [3.63, 3.8) is 0 Å². The number of hydrogen-bond acceptors (Lipinski definition) is 2. The number of rotatable bonds is 5. The third kappa shape index (κ3) is 4.10. The fraction of sp³-hybridized carbons (Fsp3) is 0.500. The lowest BCUT2D eigenvalue weighted by atomic mass is 10.1. The van der Waals surface area contributed by atoms with E-state index in [0.717, 1.165) is 23.1 Å². The summed E-state index contributed by atoms with van der Waals surface area (Å²) >= 11 is 3.31. The summed E-state index contributed by atoms with van der Waals surface area (Å²) in [7, 11) is 1.70. The normalized spacial score (nSPS) is 11.6. The second-order valence-electron chi connectivity index (χ2n) is 4.26. The lowest BCUT2D eigenvalue weighted by molar-refractivity contribution is 0.0185. The van der Waals surface area contributed by atoms with Crippen molar-refractivity contribution in [2.75, 3.05) is 19.0 Å². The van der Waals surface area contributed by atoms with Crippen LogP contribution in [0.5, 0.6) is 0 Å². The van der Waals surface area contributed by atoms with E-state index in [1.165, 1.54) is 12.1 Å². The van der Waals surface area contributed by atoms with Crippen molar-refractivity contribution in [3.8, 4) is 0 Å². The Morgan fingerprint density at radius 2 is 2.12 bits per heavy atom. The van der Waals surface area contributed by atoms with Crippen LogP contribution < -0.4 is 5.32 Å². The molecule has 2 nitrogen and oxygen atoms in total. The van der Waals surface area contributed by atoms with E-state index in [-0.39, 0.29) is 11.4 Å². The first-order valence-corrected chi connectivity index (χ1v) is 5.98. The Morgan fingerprint density at radius 1 is 1.44 bits per heavy atom. The Labute approximate surface area is 104 Å². The van der Waals surface area contributed by atoms with E-state index in [4.69, 9.17) is 4.74 Å². The minimum absolute atomic E-state index is 0.139. The summed E-state index contributed by atoms with van der Waals surface area (Å²) in [6.07, 6.45) is 0.882. The number of halogens is 2. The van der Waals surface area contributed by atoms with Gasteiger partial charge in [0.05, 0.1) is 5.60 Å². The van der Waals surface area contributed by atoms with Crippen molar-refractivity contribution in [3.05, 3.63) is 28.5 Å². The minimum Gasteiger partial charge on any atom is -0.384 e. The largest absolute Gasteiger partial charge is 0.384 e. The van der Waals surface area contributed by atoms with Gasteiger partial charge in [-0.1, -0.05) is 0 Å². The molecule has 0 amide bonds. The molecule has 0 aliphatic carbocycles. The van der Waals surface area contributed by atoms with Gasteiger partial charge in [-0.25, -0.2) is 4.39 Å². The van der Waals surface area contributed by atoms with Gasteiger partial charge < -0.3 is 10.1 Å². The zero-order chi connectivity index (χ0) is 12.2. The summed E-state index contributed by atoms with van der Waals surface area (Å²) in [4.78, 5) is 0.